The molecule has 0 saturated heterocycles. The number of anilines is 1. The van der Waals surface area contributed by atoms with E-state index in [9.17, 15) is 14.9 Å². The van der Waals surface area contributed by atoms with Crippen LogP contribution in [0.15, 0.2) is 45.3 Å². The number of nitriles is 1. The van der Waals surface area contributed by atoms with Gasteiger partial charge in [-0.1, -0.05) is 12.1 Å². The fourth-order valence-corrected chi connectivity index (χ4v) is 2.41. The summed E-state index contributed by atoms with van der Waals surface area (Å²) < 4.78 is 5.21. The molecule has 2 heterocycles. The molecule has 0 aliphatic carbocycles. The molecule has 1 aromatic heterocycles. The highest BCUT2D eigenvalue weighted by molar-refractivity contribution is 5.54. The van der Waals surface area contributed by atoms with Gasteiger partial charge < -0.3 is 16.2 Å². The van der Waals surface area contributed by atoms with Crippen molar-refractivity contribution in [2.75, 3.05) is 5.73 Å². The van der Waals surface area contributed by atoms with Crippen molar-refractivity contribution in [3.05, 3.63) is 67.7 Å². The number of benzene rings is 1. The van der Waals surface area contributed by atoms with Crippen LogP contribution in [-0.4, -0.2) is 9.97 Å². The number of nitrogen functional groups attached to an aromatic ring is 1. The number of aromatic amines is 2. The quantitative estimate of drug-likeness (QED) is 0.538. The van der Waals surface area contributed by atoms with E-state index >= 15 is 0 Å². The molecule has 6 N–H and O–H groups in total. The zero-order chi connectivity index (χ0) is 15.9. The molecule has 2 aromatic rings. The predicted molar refractivity (Wildman–Crippen MR) is 77.8 cm³/mol. The highest BCUT2D eigenvalue weighted by Crippen LogP contribution is 2.38. The monoisotopic (exact) mass is 297 g/mol. The zero-order valence-electron chi connectivity index (χ0n) is 11.2. The lowest BCUT2D eigenvalue weighted by atomic mass is 9.85. The third-order valence-electron chi connectivity index (χ3n) is 3.39. The Kier molecular flexibility index (Phi) is 2.96. The molecule has 110 valence electrons. The van der Waals surface area contributed by atoms with E-state index in [2.05, 4.69) is 9.97 Å². The van der Waals surface area contributed by atoms with Gasteiger partial charge in [0.2, 0.25) is 11.8 Å². The van der Waals surface area contributed by atoms with Crippen LogP contribution in [-0.2, 0) is 0 Å². The molecular weight excluding hydrogens is 286 g/mol. The number of hydrogen-bond acceptors (Lipinski definition) is 6. The van der Waals surface area contributed by atoms with Gasteiger partial charge in [-0.05, 0) is 17.7 Å². The highest BCUT2D eigenvalue weighted by Gasteiger charge is 2.33. The first kappa shape index (κ1) is 13.5. The molecule has 1 aliphatic rings. The number of aromatic nitrogens is 2. The molecule has 8 nitrogen and oxygen atoms in total. The van der Waals surface area contributed by atoms with Crippen LogP contribution in [0.3, 0.4) is 0 Å². The van der Waals surface area contributed by atoms with E-state index in [1.54, 1.807) is 24.3 Å². The van der Waals surface area contributed by atoms with Gasteiger partial charge in [0.05, 0.1) is 11.5 Å². The first-order valence-electron chi connectivity index (χ1n) is 6.30. The molecule has 0 fully saturated rings. The van der Waals surface area contributed by atoms with Crippen LogP contribution in [0.25, 0.3) is 0 Å². The SMILES string of the molecule is N#CC1=C(N)Oc2[nH]c(=O)[nH]c(=O)c2[C@@H]1c1ccc(N)cc1. The van der Waals surface area contributed by atoms with Gasteiger partial charge >= 0.3 is 5.69 Å². The summed E-state index contributed by atoms with van der Waals surface area (Å²) >= 11 is 0. The van der Waals surface area contributed by atoms with E-state index in [1.807, 2.05) is 6.07 Å². The molecule has 1 aliphatic heterocycles. The number of H-pyrrole nitrogens is 2. The van der Waals surface area contributed by atoms with Crippen LogP contribution in [0.5, 0.6) is 5.88 Å². The van der Waals surface area contributed by atoms with Crippen LogP contribution in [0.2, 0.25) is 0 Å². The minimum absolute atomic E-state index is 0.0629. The molecule has 0 unspecified atom stereocenters. The maximum atomic E-state index is 12.2. The first-order valence-corrected chi connectivity index (χ1v) is 6.30. The standard InChI is InChI=1S/C14H11N5O3/c15-5-8-9(6-1-3-7(16)4-2-6)10-12(20)18-14(21)19-13(10)22-11(8)17/h1-4,9H,16-17H2,(H2,18,19,20,21)/t9-/m1/s1. The molecule has 1 aromatic carbocycles. The molecule has 0 saturated carbocycles. The summed E-state index contributed by atoms with van der Waals surface area (Å²) in [5, 5.41) is 9.34. The Morgan fingerprint density at radius 1 is 1.14 bits per heavy atom. The average molecular weight is 297 g/mol. The molecule has 8 heteroatoms. The zero-order valence-corrected chi connectivity index (χ0v) is 11.2. The normalized spacial score (nSPS) is 16.6. The van der Waals surface area contributed by atoms with Gasteiger partial charge in [0.15, 0.2) is 0 Å². The Morgan fingerprint density at radius 3 is 2.45 bits per heavy atom. The van der Waals surface area contributed by atoms with Crippen molar-refractivity contribution < 1.29 is 4.74 Å². The topological polar surface area (TPSA) is 151 Å². The second-order valence-corrected chi connectivity index (χ2v) is 4.74. The van der Waals surface area contributed by atoms with Crippen LogP contribution >= 0.6 is 0 Å². The van der Waals surface area contributed by atoms with Crippen molar-refractivity contribution in [3.63, 3.8) is 0 Å². The average Bonchev–Trinajstić information content (AvgIpc) is 2.46. The largest absolute Gasteiger partial charge is 0.424 e. The van der Waals surface area contributed by atoms with Crippen LogP contribution in [0.1, 0.15) is 17.0 Å². The molecule has 0 spiro atoms. The molecule has 0 amide bonds. The van der Waals surface area contributed by atoms with Crippen molar-refractivity contribution in [1.29, 1.82) is 5.26 Å². The van der Waals surface area contributed by atoms with Crippen molar-refractivity contribution in [2.24, 2.45) is 5.73 Å². The Labute approximate surface area is 123 Å². The molecule has 0 radical (unpaired) electrons. The second kappa shape index (κ2) is 4.82. The highest BCUT2D eigenvalue weighted by atomic mass is 16.5. The number of nitrogens with one attached hydrogen (secondary N) is 2. The molecule has 0 bridgehead atoms. The summed E-state index contributed by atoms with van der Waals surface area (Å²) in [5.41, 5.74) is 11.4. The minimum Gasteiger partial charge on any atom is -0.424 e. The third kappa shape index (κ3) is 2.01. The summed E-state index contributed by atoms with van der Waals surface area (Å²) in [6, 6.07) is 8.62. The van der Waals surface area contributed by atoms with Crippen molar-refractivity contribution in [1.82, 2.24) is 9.97 Å². The number of allylic oxidation sites excluding steroid dienone is 1. The second-order valence-electron chi connectivity index (χ2n) is 4.74. The van der Waals surface area contributed by atoms with Crippen molar-refractivity contribution >= 4 is 5.69 Å². The maximum Gasteiger partial charge on any atom is 0.328 e. The van der Waals surface area contributed by atoms with E-state index in [0.29, 0.717) is 11.3 Å². The number of nitrogens with zero attached hydrogens (tertiary/aromatic N) is 1. The van der Waals surface area contributed by atoms with Crippen LogP contribution in [0, 0.1) is 11.3 Å². The van der Waals surface area contributed by atoms with Crippen molar-refractivity contribution in [3.8, 4) is 11.9 Å². The van der Waals surface area contributed by atoms with E-state index in [-0.39, 0.29) is 22.9 Å². The first-order chi connectivity index (χ1) is 10.5. The summed E-state index contributed by atoms with van der Waals surface area (Å²) in [6.45, 7) is 0. The van der Waals surface area contributed by atoms with Crippen LogP contribution < -0.4 is 27.5 Å². The van der Waals surface area contributed by atoms with Gasteiger partial charge in [0.25, 0.3) is 5.56 Å². The Bertz CT molecular complexity index is 931. The van der Waals surface area contributed by atoms with Crippen molar-refractivity contribution in [2.45, 2.75) is 5.92 Å². The van der Waals surface area contributed by atoms with Gasteiger partial charge in [0.1, 0.15) is 11.6 Å². The maximum absolute atomic E-state index is 12.2. The van der Waals surface area contributed by atoms with Gasteiger partial charge in [0, 0.05) is 5.69 Å². The fraction of sp³-hybridized carbons (Fsp3) is 0.0714. The predicted octanol–water partition coefficient (Wildman–Crippen LogP) is -0.136. The van der Waals surface area contributed by atoms with Gasteiger partial charge in [-0.25, -0.2) is 4.79 Å². The Morgan fingerprint density at radius 2 is 1.82 bits per heavy atom. The summed E-state index contributed by atoms with van der Waals surface area (Å²) in [6.07, 6.45) is 0. The lowest BCUT2D eigenvalue weighted by molar-refractivity contribution is 0.373. The third-order valence-corrected chi connectivity index (χ3v) is 3.39. The number of nitrogens with two attached hydrogens (primary N) is 2. The van der Waals surface area contributed by atoms with E-state index < -0.39 is 17.2 Å². The number of ether oxygens (including phenoxy) is 1. The summed E-state index contributed by atoms with van der Waals surface area (Å²) in [5.74, 6) is -0.958. The lowest BCUT2D eigenvalue weighted by Crippen LogP contribution is -2.33. The van der Waals surface area contributed by atoms with E-state index in [0.717, 1.165) is 0 Å². The van der Waals surface area contributed by atoms with Crippen LogP contribution in [0.4, 0.5) is 5.69 Å². The lowest BCUT2D eigenvalue weighted by Gasteiger charge is -2.24. The van der Waals surface area contributed by atoms with Gasteiger partial charge in [-0.3, -0.25) is 14.8 Å². The number of hydrogen-bond donors (Lipinski definition) is 4. The smallest absolute Gasteiger partial charge is 0.328 e. The minimum atomic E-state index is -0.741. The Hall–Kier alpha value is -3.47. The van der Waals surface area contributed by atoms with E-state index in [4.69, 9.17) is 16.2 Å². The molecular formula is C14H11N5O3. The van der Waals surface area contributed by atoms with Gasteiger partial charge in [-0.2, -0.15) is 5.26 Å². The number of fused-ring (bicyclic) bond motifs is 1. The Balaban J connectivity index is 2.32. The fourth-order valence-electron chi connectivity index (χ4n) is 2.41. The molecule has 1 atom stereocenters. The van der Waals surface area contributed by atoms with Gasteiger partial charge in [-0.15, -0.1) is 0 Å². The number of rotatable bonds is 1. The summed E-state index contributed by atoms with van der Waals surface area (Å²) in [7, 11) is 0. The van der Waals surface area contributed by atoms with E-state index in [1.165, 1.54) is 0 Å². The molecule has 3 rings (SSSR count). The molecule has 22 heavy (non-hydrogen) atoms. The summed E-state index contributed by atoms with van der Waals surface area (Å²) in [4.78, 5) is 28.0.